The summed E-state index contributed by atoms with van der Waals surface area (Å²) in [5.41, 5.74) is 1.13. The maximum Gasteiger partial charge on any atom is 0.226 e. The number of rotatable bonds is 0. The average Bonchev–Trinajstić information content (AvgIpc) is 2.07. The van der Waals surface area contributed by atoms with Crippen LogP contribution < -0.4 is 4.73 Å². The summed E-state index contributed by atoms with van der Waals surface area (Å²) in [6.45, 7) is 1.76. The van der Waals surface area contributed by atoms with Gasteiger partial charge in [0.1, 0.15) is 5.82 Å². The Labute approximate surface area is 74.8 Å². The second-order valence-electron chi connectivity index (χ2n) is 3.01. The van der Waals surface area contributed by atoms with Crippen molar-refractivity contribution in [3.05, 3.63) is 47.1 Å². The van der Waals surface area contributed by atoms with Crippen molar-refractivity contribution in [2.75, 3.05) is 0 Å². The van der Waals surface area contributed by atoms with Crippen LogP contribution in [0.2, 0.25) is 0 Å². The molecule has 0 N–H and O–H groups in total. The zero-order valence-corrected chi connectivity index (χ0v) is 7.12. The number of pyridine rings is 1. The molecule has 0 unspecified atom stereocenters. The molecule has 0 radical (unpaired) electrons. The second kappa shape index (κ2) is 2.69. The van der Waals surface area contributed by atoms with Gasteiger partial charge >= 0.3 is 0 Å². The van der Waals surface area contributed by atoms with E-state index < -0.39 is 0 Å². The summed E-state index contributed by atoms with van der Waals surface area (Å²) in [6.07, 6.45) is 1.36. The van der Waals surface area contributed by atoms with Gasteiger partial charge in [-0.15, -0.1) is 0 Å². The molecule has 2 nitrogen and oxygen atoms in total. The molecule has 1 heterocycles. The summed E-state index contributed by atoms with van der Waals surface area (Å²) in [4.78, 5) is 0. The standard InChI is InChI=1S/C10H8FNO/c1-7-5-9(11)8-3-2-4-12(13)10(8)6-7/h2-6H,1H3. The number of halogens is 1. The van der Waals surface area contributed by atoms with Crippen LogP contribution in [-0.2, 0) is 0 Å². The molecule has 0 aliphatic rings. The van der Waals surface area contributed by atoms with Crippen LogP contribution in [0.3, 0.4) is 0 Å². The smallest absolute Gasteiger partial charge is 0.226 e. The number of hydrogen-bond donors (Lipinski definition) is 0. The first-order valence-corrected chi connectivity index (χ1v) is 3.96. The van der Waals surface area contributed by atoms with Crippen LogP contribution in [0.1, 0.15) is 5.56 Å². The lowest BCUT2D eigenvalue weighted by atomic mass is 10.1. The average molecular weight is 177 g/mol. The Kier molecular flexibility index (Phi) is 1.65. The van der Waals surface area contributed by atoms with Gasteiger partial charge in [-0.2, -0.15) is 4.73 Å². The molecule has 2 rings (SSSR count). The van der Waals surface area contributed by atoms with Crippen LogP contribution >= 0.6 is 0 Å². The van der Waals surface area contributed by atoms with E-state index in [0.29, 0.717) is 15.6 Å². The van der Waals surface area contributed by atoms with Gasteiger partial charge < -0.3 is 5.21 Å². The molecule has 0 saturated carbocycles. The molecule has 1 aromatic heterocycles. The van der Waals surface area contributed by atoms with Gasteiger partial charge in [0.25, 0.3) is 0 Å². The highest BCUT2D eigenvalue weighted by atomic mass is 19.1. The first-order valence-electron chi connectivity index (χ1n) is 3.96. The molecule has 0 aliphatic carbocycles. The Balaban J connectivity index is 2.94. The molecule has 0 spiro atoms. The summed E-state index contributed by atoms with van der Waals surface area (Å²) in [5.74, 6) is -0.347. The molecule has 0 fully saturated rings. The molecule has 66 valence electrons. The zero-order valence-electron chi connectivity index (χ0n) is 7.12. The normalized spacial score (nSPS) is 10.6. The number of fused-ring (bicyclic) bond motifs is 1. The minimum atomic E-state index is -0.347. The summed E-state index contributed by atoms with van der Waals surface area (Å²) >= 11 is 0. The number of aromatic nitrogens is 1. The summed E-state index contributed by atoms with van der Waals surface area (Å²) < 4.78 is 13.9. The lowest BCUT2D eigenvalue weighted by molar-refractivity contribution is -0.577. The third-order valence-electron chi connectivity index (χ3n) is 1.97. The molecule has 0 bridgehead atoms. The Hall–Kier alpha value is -1.64. The van der Waals surface area contributed by atoms with Gasteiger partial charge in [0.15, 0.2) is 6.20 Å². The van der Waals surface area contributed by atoms with Crippen molar-refractivity contribution < 1.29 is 9.12 Å². The van der Waals surface area contributed by atoms with Gasteiger partial charge in [0.05, 0.1) is 5.39 Å². The number of nitrogens with zero attached hydrogens (tertiary/aromatic N) is 1. The second-order valence-corrected chi connectivity index (χ2v) is 3.01. The van der Waals surface area contributed by atoms with Gasteiger partial charge in [-0.25, -0.2) is 4.39 Å². The van der Waals surface area contributed by atoms with Gasteiger partial charge in [-0.1, -0.05) is 0 Å². The predicted molar refractivity (Wildman–Crippen MR) is 47.6 cm³/mol. The molecule has 0 amide bonds. The van der Waals surface area contributed by atoms with Crippen molar-refractivity contribution in [2.45, 2.75) is 6.92 Å². The van der Waals surface area contributed by atoms with E-state index in [2.05, 4.69) is 0 Å². The molecule has 2 aromatic rings. The minimum absolute atomic E-state index is 0.347. The molecule has 1 aromatic carbocycles. The highest BCUT2D eigenvalue weighted by molar-refractivity contribution is 5.76. The van der Waals surface area contributed by atoms with E-state index in [1.165, 1.54) is 18.3 Å². The zero-order chi connectivity index (χ0) is 9.42. The van der Waals surface area contributed by atoms with Crippen LogP contribution in [0.15, 0.2) is 30.5 Å². The van der Waals surface area contributed by atoms with Crippen LogP contribution in [-0.4, -0.2) is 0 Å². The van der Waals surface area contributed by atoms with Crippen molar-refractivity contribution in [3.63, 3.8) is 0 Å². The summed E-state index contributed by atoms with van der Waals surface area (Å²) in [5, 5.41) is 11.6. The van der Waals surface area contributed by atoms with E-state index in [9.17, 15) is 9.60 Å². The van der Waals surface area contributed by atoms with Gasteiger partial charge in [-0.05, 0) is 24.6 Å². The van der Waals surface area contributed by atoms with E-state index in [1.54, 1.807) is 19.1 Å². The van der Waals surface area contributed by atoms with Crippen molar-refractivity contribution in [3.8, 4) is 0 Å². The monoisotopic (exact) mass is 177 g/mol. The first kappa shape index (κ1) is 7.98. The molecule has 0 aliphatic heterocycles. The molecule has 13 heavy (non-hydrogen) atoms. The van der Waals surface area contributed by atoms with Crippen LogP contribution in [0.4, 0.5) is 4.39 Å². The van der Waals surface area contributed by atoms with Crippen LogP contribution in [0.5, 0.6) is 0 Å². The number of hydrogen-bond acceptors (Lipinski definition) is 1. The predicted octanol–water partition coefficient (Wildman–Crippen LogP) is 1.92. The van der Waals surface area contributed by atoms with Crippen molar-refractivity contribution in [1.82, 2.24) is 0 Å². The van der Waals surface area contributed by atoms with E-state index in [4.69, 9.17) is 0 Å². The Bertz CT molecular complexity index is 468. The quantitative estimate of drug-likeness (QED) is 0.446. The lowest BCUT2D eigenvalue weighted by Gasteiger charge is -2.02. The van der Waals surface area contributed by atoms with Gasteiger partial charge in [-0.3, -0.25) is 0 Å². The van der Waals surface area contributed by atoms with Crippen LogP contribution in [0.25, 0.3) is 10.9 Å². The Morgan fingerprint density at radius 3 is 2.92 bits per heavy atom. The van der Waals surface area contributed by atoms with Crippen molar-refractivity contribution in [2.24, 2.45) is 0 Å². The lowest BCUT2D eigenvalue weighted by Crippen LogP contribution is -2.26. The SMILES string of the molecule is Cc1cc(F)c2ccc[n+]([O-])c2c1. The fourth-order valence-corrected chi connectivity index (χ4v) is 1.38. The fourth-order valence-electron chi connectivity index (χ4n) is 1.38. The third kappa shape index (κ3) is 1.22. The molecule has 3 heteroatoms. The van der Waals surface area contributed by atoms with Crippen molar-refractivity contribution >= 4 is 10.9 Å². The summed E-state index contributed by atoms with van der Waals surface area (Å²) in [7, 11) is 0. The van der Waals surface area contributed by atoms with E-state index in [-0.39, 0.29) is 5.82 Å². The molecule has 0 atom stereocenters. The fraction of sp³-hybridized carbons (Fsp3) is 0.100. The largest absolute Gasteiger partial charge is 0.618 e. The van der Waals surface area contributed by atoms with Gasteiger partial charge in [0, 0.05) is 12.1 Å². The highest BCUT2D eigenvalue weighted by Gasteiger charge is 2.07. The topological polar surface area (TPSA) is 26.9 Å². The highest BCUT2D eigenvalue weighted by Crippen LogP contribution is 2.15. The Morgan fingerprint density at radius 2 is 2.15 bits per heavy atom. The van der Waals surface area contributed by atoms with Crippen LogP contribution in [0, 0.1) is 17.9 Å². The van der Waals surface area contributed by atoms with Crippen molar-refractivity contribution in [1.29, 1.82) is 0 Å². The molecular formula is C10H8FNO. The third-order valence-corrected chi connectivity index (χ3v) is 1.97. The van der Waals surface area contributed by atoms with E-state index in [0.717, 1.165) is 5.56 Å². The number of benzene rings is 1. The minimum Gasteiger partial charge on any atom is -0.618 e. The molecular weight excluding hydrogens is 169 g/mol. The number of aryl methyl sites for hydroxylation is 1. The maximum absolute atomic E-state index is 13.3. The van der Waals surface area contributed by atoms with E-state index >= 15 is 0 Å². The van der Waals surface area contributed by atoms with Gasteiger partial charge in [0.2, 0.25) is 5.52 Å². The summed E-state index contributed by atoms with van der Waals surface area (Å²) in [6, 6.07) is 6.22. The first-order chi connectivity index (χ1) is 6.18. The van der Waals surface area contributed by atoms with E-state index in [1.807, 2.05) is 0 Å². The maximum atomic E-state index is 13.3. The molecule has 0 saturated heterocycles. The Morgan fingerprint density at radius 1 is 1.38 bits per heavy atom.